The van der Waals surface area contributed by atoms with Crippen LogP contribution in [0.2, 0.25) is 0 Å². The number of nitrogens with zero attached hydrogens (tertiary/aromatic N) is 2. The number of hydrogen-bond acceptors (Lipinski definition) is 9. The maximum atomic E-state index is 14.6. The minimum atomic E-state index is -1.42. The third-order valence-corrected chi connectivity index (χ3v) is 7.13. The van der Waals surface area contributed by atoms with Crippen molar-refractivity contribution in [1.82, 2.24) is 9.69 Å². The van der Waals surface area contributed by atoms with Gasteiger partial charge in [-0.05, 0) is 53.0 Å². The Bertz CT molecular complexity index is 1590. The van der Waals surface area contributed by atoms with Crippen LogP contribution in [0.5, 0.6) is 17.2 Å². The lowest BCUT2D eigenvalue weighted by molar-refractivity contribution is -0.122. The number of rotatable bonds is 11. The molecule has 11 nitrogen and oxygen atoms in total. The van der Waals surface area contributed by atoms with Crippen molar-refractivity contribution in [3.8, 4) is 17.2 Å². The molecule has 1 atom stereocenters. The van der Waals surface area contributed by atoms with Gasteiger partial charge in [-0.3, -0.25) is 19.3 Å². The van der Waals surface area contributed by atoms with Gasteiger partial charge in [0.25, 0.3) is 11.8 Å². The quantitative estimate of drug-likeness (QED) is 0.237. The van der Waals surface area contributed by atoms with Crippen LogP contribution in [0.3, 0.4) is 0 Å². The number of benzene rings is 3. The average molecular weight is 594 g/mol. The highest BCUT2D eigenvalue weighted by Gasteiger charge is 2.37. The van der Waals surface area contributed by atoms with E-state index in [9.17, 15) is 18.8 Å². The van der Waals surface area contributed by atoms with Crippen molar-refractivity contribution in [3.05, 3.63) is 94.2 Å². The van der Waals surface area contributed by atoms with Crippen LogP contribution in [-0.2, 0) is 11.3 Å². The molecule has 0 aliphatic rings. The molecule has 0 bridgehead atoms. The summed E-state index contributed by atoms with van der Waals surface area (Å²) in [5.74, 6) is -2.34. The first-order chi connectivity index (χ1) is 20.2. The molecule has 0 fully saturated rings. The molecule has 1 heterocycles. The first-order valence-corrected chi connectivity index (χ1v) is 13.2. The van der Waals surface area contributed by atoms with Crippen LogP contribution in [0.25, 0.3) is 0 Å². The lowest BCUT2D eigenvalue weighted by Crippen LogP contribution is -2.44. The number of methoxy groups -OCH3 is 3. The molecule has 0 saturated heterocycles. The van der Waals surface area contributed by atoms with Crippen molar-refractivity contribution in [2.45, 2.75) is 12.6 Å². The zero-order valence-electron chi connectivity index (χ0n) is 22.9. The number of anilines is 2. The second kappa shape index (κ2) is 13.0. The fourth-order valence-corrected chi connectivity index (χ4v) is 5.05. The SMILES string of the molecule is COc1cc(C(C(=O)NCc2ccccc2)N(C(=O)c2snc(C(N)=O)c2N)c2cccc(F)c2)cc(OC)c1OC. The van der Waals surface area contributed by atoms with Gasteiger partial charge in [0, 0.05) is 12.2 Å². The normalized spacial score (nSPS) is 11.3. The molecule has 3 amide bonds. The van der Waals surface area contributed by atoms with Gasteiger partial charge in [0.1, 0.15) is 16.7 Å². The van der Waals surface area contributed by atoms with E-state index in [1.54, 1.807) is 0 Å². The number of halogens is 1. The predicted molar refractivity (Wildman–Crippen MR) is 155 cm³/mol. The number of aromatic nitrogens is 1. The largest absolute Gasteiger partial charge is 0.493 e. The number of nitrogens with two attached hydrogens (primary N) is 2. The highest BCUT2D eigenvalue weighted by Crippen LogP contribution is 2.42. The summed E-state index contributed by atoms with van der Waals surface area (Å²) in [7, 11) is 4.24. The van der Waals surface area contributed by atoms with E-state index in [4.69, 9.17) is 25.7 Å². The molecule has 4 aromatic rings. The standard InChI is InChI=1S/C29H28FN5O6S/c1-39-20-12-17(13-21(40-2)25(20)41-3)24(28(37)33-15-16-8-5-4-6-9-16)35(19-11-7-10-18(30)14-19)29(38)26-22(31)23(27(32)36)34-42-26/h4-14,24H,15,31H2,1-3H3,(H2,32,36)(H,33,37). The van der Waals surface area contributed by atoms with Gasteiger partial charge in [-0.15, -0.1) is 0 Å². The second-order valence-corrected chi connectivity index (χ2v) is 9.63. The number of nitrogen functional groups attached to an aromatic ring is 1. The van der Waals surface area contributed by atoms with Gasteiger partial charge < -0.3 is 31.0 Å². The van der Waals surface area contributed by atoms with Crippen molar-refractivity contribution in [2.24, 2.45) is 5.73 Å². The minimum Gasteiger partial charge on any atom is -0.493 e. The summed E-state index contributed by atoms with van der Waals surface area (Å²) in [5, 5.41) is 2.85. The molecule has 13 heteroatoms. The summed E-state index contributed by atoms with van der Waals surface area (Å²) >= 11 is 0.634. The van der Waals surface area contributed by atoms with Gasteiger partial charge in [-0.1, -0.05) is 36.4 Å². The van der Waals surface area contributed by atoms with Gasteiger partial charge in [-0.25, -0.2) is 4.39 Å². The molecule has 0 aliphatic heterocycles. The third-order valence-electron chi connectivity index (χ3n) is 6.28. The van der Waals surface area contributed by atoms with Crippen LogP contribution in [0, 0.1) is 5.82 Å². The molecule has 0 radical (unpaired) electrons. The van der Waals surface area contributed by atoms with Crippen molar-refractivity contribution in [3.63, 3.8) is 0 Å². The lowest BCUT2D eigenvalue weighted by Gasteiger charge is -2.32. The predicted octanol–water partition coefficient (Wildman–Crippen LogP) is 3.69. The second-order valence-electron chi connectivity index (χ2n) is 8.86. The summed E-state index contributed by atoms with van der Waals surface area (Å²) in [6.45, 7) is 0.125. The highest BCUT2D eigenvalue weighted by atomic mass is 32.1. The van der Waals surface area contributed by atoms with E-state index in [1.165, 1.54) is 51.7 Å². The van der Waals surface area contributed by atoms with E-state index in [1.807, 2.05) is 30.3 Å². The maximum Gasteiger partial charge on any atom is 0.273 e. The Morgan fingerprint density at radius 1 is 0.976 bits per heavy atom. The lowest BCUT2D eigenvalue weighted by atomic mass is 10.0. The van der Waals surface area contributed by atoms with Crippen LogP contribution >= 0.6 is 11.5 Å². The van der Waals surface area contributed by atoms with Gasteiger partial charge >= 0.3 is 0 Å². The van der Waals surface area contributed by atoms with E-state index in [0.29, 0.717) is 11.5 Å². The molecular weight excluding hydrogens is 565 g/mol. The average Bonchev–Trinajstić information content (AvgIpc) is 3.39. The number of ether oxygens (including phenoxy) is 3. The Balaban J connectivity index is 1.94. The molecule has 218 valence electrons. The summed E-state index contributed by atoms with van der Waals surface area (Å²) in [6, 6.07) is 15.9. The Kier molecular flexibility index (Phi) is 9.22. The molecule has 3 aromatic carbocycles. The summed E-state index contributed by atoms with van der Waals surface area (Å²) < 4.78 is 34.9. The van der Waals surface area contributed by atoms with Gasteiger partial charge in [0.15, 0.2) is 17.2 Å². The molecule has 1 aromatic heterocycles. The van der Waals surface area contributed by atoms with Crippen molar-refractivity contribution in [2.75, 3.05) is 32.0 Å². The first kappa shape index (κ1) is 29.8. The maximum absolute atomic E-state index is 14.6. The molecule has 4 rings (SSSR count). The zero-order valence-corrected chi connectivity index (χ0v) is 23.7. The zero-order chi connectivity index (χ0) is 30.4. The molecular formula is C29H28FN5O6S. The summed E-state index contributed by atoms with van der Waals surface area (Å²) in [4.78, 5) is 41.0. The van der Waals surface area contributed by atoms with Crippen molar-refractivity contribution < 1.29 is 33.0 Å². The van der Waals surface area contributed by atoms with E-state index < -0.39 is 29.6 Å². The fourth-order valence-electron chi connectivity index (χ4n) is 4.31. The highest BCUT2D eigenvalue weighted by molar-refractivity contribution is 7.09. The number of nitrogens with one attached hydrogen (secondary N) is 1. The summed E-state index contributed by atoms with van der Waals surface area (Å²) in [6.07, 6.45) is 0. The van der Waals surface area contributed by atoms with E-state index in [2.05, 4.69) is 9.69 Å². The van der Waals surface area contributed by atoms with Crippen LogP contribution in [0.4, 0.5) is 15.8 Å². The van der Waals surface area contributed by atoms with Crippen molar-refractivity contribution in [1.29, 1.82) is 0 Å². The first-order valence-electron chi connectivity index (χ1n) is 12.5. The molecule has 0 spiro atoms. The number of hydrogen-bond donors (Lipinski definition) is 3. The Labute approximate surface area is 245 Å². The van der Waals surface area contributed by atoms with E-state index >= 15 is 0 Å². The monoisotopic (exact) mass is 593 g/mol. The summed E-state index contributed by atoms with van der Waals surface area (Å²) in [5.41, 5.74) is 12.0. The molecule has 0 saturated carbocycles. The Morgan fingerprint density at radius 3 is 2.19 bits per heavy atom. The fraction of sp³-hybridized carbons (Fsp3) is 0.172. The number of carbonyl (C=O) groups excluding carboxylic acids is 3. The van der Waals surface area contributed by atoms with Crippen LogP contribution < -0.4 is 35.9 Å². The number of carbonyl (C=O) groups is 3. The minimum absolute atomic E-state index is 0.0297. The van der Waals surface area contributed by atoms with Gasteiger partial charge in [0.2, 0.25) is 11.7 Å². The van der Waals surface area contributed by atoms with Crippen LogP contribution in [0.15, 0.2) is 66.7 Å². The van der Waals surface area contributed by atoms with Crippen molar-refractivity contribution >= 4 is 40.6 Å². The van der Waals surface area contributed by atoms with Crippen LogP contribution in [-0.4, -0.2) is 43.4 Å². The molecule has 42 heavy (non-hydrogen) atoms. The van der Waals surface area contributed by atoms with Gasteiger partial charge in [0.05, 0.1) is 27.0 Å². The molecule has 0 aliphatic carbocycles. The topological polar surface area (TPSA) is 159 Å². The molecule has 5 N–H and O–H groups in total. The molecule has 1 unspecified atom stereocenters. The smallest absolute Gasteiger partial charge is 0.273 e. The van der Waals surface area contributed by atoms with E-state index in [0.717, 1.165) is 16.5 Å². The Hall–Kier alpha value is -5.17. The van der Waals surface area contributed by atoms with Gasteiger partial charge in [-0.2, -0.15) is 4.37 Å². The number of primary amides is 1. The van der Waals surface area contributed by atoms with Crippen LogP contribution in [0.1, 0.15) is 37.3 Å². The Morgan fingerprint density at radius 2 is 1.64 bits per heavy atom. The third kappa shape index (κ3) is 6.10. The number of amides is 3. The van der Waals surface area contributed by atoms with E-state index in [-0.39, 0.29) is 51.3 Å².